The molecule has 4 rings (SSSR count). The lowest BCUT2D eigenvalue weighted by atomic mass is 10.1. The fourth-order valence-electron chi connectivity index (χ4n) is 3.04. The fourth-order valence-corrected chi connectivity index (χ4v) is 3.04. The van der Waals surface area contributed by atoms with E-state index in [9.17, 15) is 9.59 Å². The van der Waals surface area contributed by atoms with E-state index in [4.69, 9.17) is 13.6 Å². The van der Waals surface area contributed by atoms with E-state index in [0.29, 0.717) is 46.7 Å². The van der Waals surface area contributed by atoms with Crippen LogP contribution in [0.25, 0.3) is 11.3 Å². The molecule has 31 heavy (non-hydrogen) atoms. The Kier molecular flexibility index (Phi) is 5.40. The van der Waals surface area contributed by atoms with Crippen LogP contribution < -0.4 is 10.1 Å². The van der Waals surface area contributed by atoms with Crippen LogP contribution in [0.3, 0.4) is 0 Å². The molecule has 0 radical (unpaired) electrons. The van der Waals surface area contributed by atoms with Crippen LogP contribution in [0, 0.1) is 6.92 Å². The number of oxazole rings is 1. The van der Waals surface area contributed by atoms with Gasteiger partial charge in [0.25, 0.3) is 5.91 Å². The molecule has 0 aliphatic heterocycles. The molecule has 9 heteroatoms. The third kappa shape index (κ3) is 4.40. The Balaban J connectivity index is 1.49. The molecule has 9 nitrogen and oxygen atoms in total. The van der Waals surface area contributed by atoms with Gasteiger partial charge in [0.05, 0.1) is 25.5 Å². The molecule has 0 bridgehead atoms. The van der Waals surface area contributed by atoms with Crippen LogP contribution in [0.15, 0.2) is 57.6 Å². The summed E-state index contributed by atoms with van der Waals surface area (Å²) in [6.45, 7) is 3.44. The lowest BCUT2D eigenvalue weighted by Crippen LogP contribution is -2.13. The second kappa shape index (κ2) is 8.31. The summed E-state index contributed by atoms with van der Waals surface area (Å²) in [5.41, 5.74) is 1.37. The molecular formula is C22H20N4O5. The van der Waals surface area contributed by atoms with Gasteiger partial charge in [-0.1, -0.05) is 0 Å². The number of hydrogen-bond donors (Lipinski definition) is 1. The van der Waals surface area contributed by atoms with Gasteiger partial charge in [0, 0.05) is 25.6 Å². The number of methoxy groups -OCH3 is 1. The van der Waals surface area contributed by atoms with Crippen LogP contribution in [-0.4, -0.2) is 33.6 Å². The molecule has 4 aromatic rings. The molecule has 1 amide bonds. The van der Waals surface area contributed by atoms with Crippen molar-refractivity contribution in [2.24, 2.45) is 0 Å². The first-order valence-electron chi connectivity index (χ1n) is 9.48. The van der Waals surface area contributed by atoms with Gasteiger partial charge in [0.2, 0.25) is 0 Å². The number of nitrogens with one attached hydrogen (secondary N) is 1. The van der Waals surface area contributed by atoms with E-state index in [1.807, 2.05) is 0 Å². The summed E-state index contributed by atoms with van der Waals surface area (Å²) in [5.74, 6) is 1.77. The van der Waals surface area contributed by atoms with Gasteiger partial charge in [-0.2, -0.15) is 5.10 Å². The first-order valence-corrected chi connectivity index (χ1v) is 9.48. The zero-order valence-electron chi connectivity index (χ0n) is 17.2. The van der Waals surface area contributed by atoms with Crippen LogP contribution in [0.1, 0.15) is 39.6 Å². The van der Waals surface area contributed by atoms with Gasteiger partial charge in [-0.05, 0) is 36.4 Å². The van der Waals surface area contributed by atoms with Gasteiger partial charge >= 0.3 is 0 Å². The average molecular weight is 420 g/mol. The number of aryl methyl sites for hydroxylation is 1. The Hall–Kier alpha value is -4.14. The number of nitrogens with zero attached hydrogens (tertiary/aromatic N) is 3. The monoisotopic (exact) mass is 420 g/mol. The van der Waals surface area contributed by atoms with Crippen molar-refractivity contribution < 1.29 is 23.2 Å². The van der Waals surface area contributed by atoms with Gasteiger partial charge in [-0.25, -0.2) is 4.98 Å². The first kappa shape index (κ1) is 20.1. The number of ketones is 1. The average Bonchev–Trinajstić information content (AvgIpc) is 3.49. The number of rotatable bonds is 7. The van der Waals surface area contributed by atoms with Crippen LogP contribution >= 0.6 is 0 Å². The van der Waals surface area contributed by atoms with E-state index in [0.717, 1.165) is 0 Å². The third-order valence-electron chi connectivity index (χ3n) is 4.52. The topological polar surface area (TPSA) is 112 Å². The van der Waals surface area contributed by atoms with Crippen molar-refractivity contribution in [3.05, 3.63) is 71.9 Å². The van der Waals surface area contributed by atoms with Crippen molar-refractivity contribution in [1.29, 1.82) is 0 Å². The van der Waals surface area contributed by atoms with Crippen molar-refractivity contribution in [1.82, 2.24) is 14.8 Å². The number of carbonyl (C=O) groups excluding carboxylic acids is 2. The largest absolute Gasteiger partial charge is 0.497 e. The number of ether oxygens (including phenoxy) is 1. The Morgan fingerprint density at radius 2 is 1.90 bits per heavy atom. The highest BCUT2D eigenvalue weighted by molar-refractivity contribution is 6.06. The maximum atomic E-state index is 12.8. The predicted octanol–water partition coefficient (Wildman–Crippen LogP) is 3.95. The molecule has 3 aromatic heterocycles. The van der Waals surface area contributed by atoms with E-state index in [1.165, 1.54) is 13.1 Å². The van der Waals surface area contributed by atoms with Gasteiger partial charge in [-0.15, -0.1) is 0 Å². The van der Waals surface area contributed by atoms with Gasteiger partial charge in [0.15, 0.2) is 28.9 Å². The summed E-state index contributed by atoms with van der Waals surface area (Å²) < 4.78 is 17.9. The molecule has 0 aliphatic carbocycles. The number of Topliss-reactive ketones (excluding diaryl/α,β-unsaturated/α-hetero) is 1. The molecule has 0 saturated heterocycles. The van der Waals surface area contributed by atoms with E-state index < -0.39 is 5.91 Å². The molecule has 0 atom stereocenters. The minimum absolute atomic E-state index is 0.143. The van der Waals surface area contributed by atoms with Crippen LogP contribution in [0.5, 0.6) is 5.75 Å². The lowest BCUT2D eigenvalue weighted by Gasteiger charge is -2.04. The number of amides is 1. The second-order valence-electron chi connectivity index (χ2n) is 6.84. The zero-order chi connectivity index (χ0) is 22.0. The molecule has 0 unspecified atom stereocenters. The van der Waals surface area contributed by atoms with Crippen LogP contribution in [0.2, 0.25) is 0 Å². The molecule has 0 spiro atoms. The normalized spacial score (nSPS) is 10.8. The Morgan fingerprint density at radius 3 is 2.58 bits per heavy atom. The summed E-state index contributed by atoms with van der Waals surface area (Å²) in [7, 11) is 1.58. The smallest absolute Gasteiger partial charge is 0.278 e. The number of benzene rings is 1. The van der Waals surface area contributed by atoms with Crippen molar-refractivity contribution in [3.8, 4) is 17.1 Å². The SMILES string of the molecule is COc1ccc(-c2oc(C)nc2C(=O)Nc2cnn(Cc3ccc(C(C)=O)o3)c2)cc1. The molecule has 158 valence electrons. The summed E-state index contributed by atoms with van der Waals surface area (Å²) in [4.78, 5) is 28.4. The second-order valence-corrected chi connectivity index (χ2v) is 6.84. The van der Waals surface area contributed by atoms with Gasteiger partial charge in [0.1, 0.15) is 11.5 Å². The predicted molar refractivity (Wildman–Crippen MR) is 111 cm³/mol. The quantitative estimate of drug-likeness (QED) is 0.450. The van der Waals surface area contributed by atoms with E-state index in [2.05, 4.69) is 15.4 Å². The third-order valence-corrected chi connectivity index (χ3v) is 4.52. The number of anilines is 1. The molecule has 0 fully saturated rings. The minimum atomic E-state index is -0.418. The molecule has 1 aromatic carbocycles. The zero-order valence-corrected chi connectivity index (χ0v) is 17.2. The summed E-state index contributed by atoms with van der Waals surface area (Å²) in [5, 5.41) is 7.00. The van der Waals surface area contributed by atoms with Crippen LogP contribution in [-0.2, 0) is 6.54 Å². The van der Waals surface area contributed by atoms with E-state index in [-0.39, 0.29) is 11.5 Å². The Labute approximate surface area is 177 Å². The standard InChI is InChI=1S/C22H20N4O5/c1-13(27)19-9-8-18(31-19)12-26-11-16(10-23-26)25-22(28)20-21(30-14(2)24-20)15-4-6-17(29-3)7-5-15/h4-11H,12H2,1-3H3,(H,25,28). The minimum Gasteiger partial charge on any atom is -0.497 e. The number of aromatic nitrogens is 3. The summed E-state index contributed by atoms with van der Waals surface area (Å²) in [6.07, 6.45) is 3.18. The maximum absolute atomic E-state index is 12.8. The highest BCUT2D eigenvalue weighted by atomic mass is 16.5. The Bertz CT molecular complexity index is 1230. The molecule has 3 heterocycles. The first-order chi connectivity index (χ1) is 14.9. The Morgan fingerprint density at radius 1 is 1.13 bits per heavy atom. The molecule has 1 N–H and O–H groups in total. The van der Waals surface area contributed by atoms with Gasteiger partial charge < -0.3 is 18.9 Å². The number of hydrogen-bond acceptors (Lipinski definition) is 7. The van der Waals surface area contributed by atoms with Crippen LogP contribution in [0.4, 0.5) is 5.69 Å². The molecule has 0 aliphatic rings. The highest BCUT2D eigenvalue weighted by Gasteiger charge is 2.21. The van der Waals surface area contributed by atoms with Crippen molar-refractivity contribution in [2.75, 3.05) is 12.4 Å². The lowest BCUT2D eigenvalue weighted by molar-refractivity contribution is 0.0983. The van der Waals surface area contributed by atoms with Crippen molar-refractivity contribution in [3.63, 3.8) is 0 Å². The number of furan rings is 1. The van der Waals surface area contributed by atoms with Crippen molar-refractivity contribution in [2.45, 2.75) is 20.4 Å². The molecular weight excluding hydrogens is 400 g/mol. The molecule has 0 saturated carbocycles. The van der Waals surface area contributed by atoms with E-state index in [1.54, 1.807) is 61.3 Å². The highest BCUT2D eigenvalue weighted by Crippen LogP contribution is 2.27. The van der Waals surface area contributed by atoms with Crippen molar-refractivity contribution >= 4 is 17.4 Å². The summed E-state index contributed by atoms with van der Waals surface area (Å²) in [6, 6.07) is 10.5. The summed E-state index contributed by atoms with van der Waals surface area (Å²) >= 11 is 0. The number of carbonyl (C=O) groups is 2. The van der Waals surface area contributed by atoms with E-state index >= 15 is 0 Å². The fraction of sp³-hybridized carbons (Fsp3) is 0.182. The maximum Gasteiger partial charge on any atom is 0.278 e. The van der Waals surface area contributed by atoms with Gasteiger partial charge in [-0.3, -0.25) is 14.3 Å².